The van der Waals surface area contributed by atoms with E-state index in [4.69, 9.17) is 11.6 Å². The minimum Gasteiger partial charge on any atom is -0.348 e. The lowest BCUT2D eigenvalue weighted by Gasteiger charge is -2.13. The summed E-state index contributed by atoms with van der Waals surface area (Å²) in [6, 6.07) is 6.82. The number of halogens is 1. The van der Waals surface area contributed by atoms with Crippen molar-refractivity contribution in [1.82, 2.24) is 10.3 Å². The average Bonchev–Trinajstić information content (AvgIpc) is 2.57. The fourth-order valence-electron chi connectivity index (χ4n) is 2.36. The van der Waals surface area contributed by atoms with E-state index in [0.29, 0.717) is 16.3 Å². The molecule has 0 fully saturated rings. The van der Waals surface area contributed by atoms with Gasteiger partial charge in [-0.15, -0.1) is 0 Å². The zero-order valence-corrected chi connectivity index (χ0v) is 15.6. The van der Waals surface area contributed by atoms with E-state index in [-0.39, 0.29) is 23.6 Å². The molecular formula is C19H22ClN3O2. The highest BCUT2D eigenvalue weighted by atomic mass is 35.5. The number of aryl methyl sites for hydroxylation is 2. The Balaban J connectivity index is 2.21. The number of aromatic nitrogens is 1. The van der Waals surface area contributed by atoms with E-state index in [0.717, 1.165) is 17.5 Å². The second-order valence-corrected chi connectivity index (χ2v) is 6.51. The Hall–Kier alpha value is -2.40. The van der Waals surface area contributed by atoms with Gasteiger partial charge in [-0.2, -0.15) is 0 Å². The summed E-state index contributed by atoms with van der Waals surface area (Å²) in [5.41, 5.74) is 3.02. The maximum absolute atomic E-state index is 12.5. The number of nitrogens with zero attached hydrogens (tertiary/aromatic N) is 1. The fourth-order valence-corrected chi connectivity index (χ4v) is 2.72. The first-order chi connectivity index (χ1) is 11.8. The summed E-state index contributed by atoms with van der Waals surface area (Å²) in [4.78, 5) is 28.7. The predicted molar refractivity (Wildman–Crippen MR) is 100 cm³/mol. The van der Waals surface area contributed by atoms with Crippen molar-refractivity contribution in [2.24, 2.45) is 0 Å². The second kappa shape index (κ2) is 8.12. The van der Waals surface area contributed by atoms with Crippen LogP contribution in [0.2, 0.25) is 5.02 Å². The van der Waals surface area contributed by atoms with Gasteiger partial charge in [0.25, 0.3) is 11.8 Å². The van der Waals surface area contributed by atoms with E-state index in [2.05, 4.69) is 15.6 Å². The summed E-state index contributed by atoms with van der Waals surface area (Å²) in [6.45, 7) is 7.72. The number of rotatable bonds is 5. The summed E-state index contributed by atoms with van der Waals surface area (Å²) < 4.78 is 0. The van der Waals surface area contributed by atoms with Crippen LogP contribution in [-0.2, 0) is 0 Å². The topological polar surface area (TPSA) is 71.1 Å². The van der Waals surface area contributed by atoms with Gasteiger partial charge in [-0.05, 0) is 56.5 Å². The zero-order valence-electron chi connectivity index (χ0n) is 14.8. The number of carbonyl (C=O) groups excluding carboxylic acids is 2. The molecule has 0 aliphatic carbocycles. The van der Waals surface area contributed by atoms with Crippen molar-refractivity contribution in [2.75, 3.05) is 5.32 Å². The lowest BCUT2D eigenvalue weighted by Crippen LogP contribution is -2.32. The Labute approximate surface area is 152 Å². The van der Waals surface area contributed by atoms with Crippen molar-refractivity contribution in [3.63, 3.8) is 0 Å². The van der Waals surface area contributed by atoms with E-state index >= 15 is 0 Å². The minimum absolute atomic E-state index is 0.0424. The molecule has 0 radical (unpaired) electrons. The highest BCUT2D eigenvalue weighted by Crippen LogP contribution is 2.27. The number of benzene rings is 1. The smallest absolute Gasteiger partial charge is 0.270 e. The summed E-state index contributed by atoms with van der Waals surface area (Å²) in [5.74, 6) is -0.637. The molecule has 0 aliphatic rings. The quantitative estimate of drug-likeness (QED) is 0.843. The van der Waals surface area contributed by atoms with Gasteiger partial charge in [0, 0.05) is 17.8 Å². The van der Waals surface area contributed by atoms with Crippen molar-refractivity contribution < 1.29 is 9.59 Å². The van der Waals surface area contributed by atoms with E-state index in [9.17, 15) is 9.59 Å². The third-order valence-electron chi connectivity index (χ3n) is 3.91. The van der Waals surface area contributed by atoms with Crippen molar-refractivity contribution in [2.45, 2.75) is 40.2 Å². The van der Waals surface area contributed by atoms with Crippen molar-refractivity contribution in [3.8, 4) is 0 Å². The molecule has 2 amide bonds. The van der Waals surface area contributed by atoms with Gasteiger partial charge in [-0.3, -0.25) is 14.6 Å². The molecule has 0 bridgehead atoms. The summed E-state index contributed by atoms with van der Waals surface area (Å²) in [5, 5.41) is 6.12. The van der Waals surface area contributed by atoms with Gasteiger partial charge in [0.2, 0.25) is 0 Å². The molecule has 1 aromatic carbocycles. The van der Waals surface area contributed by atoms with Crippen LogP contribution in [0.25, 0.3) is 0 Å². The van der Waals surface area contributed by atoms with E-state index in [1.165, 1.54) is 12.3 Å². The minimum atomic E-state index is -0.339. The molecule has 1 unspecified atom stereocenters. The first-order valence-electron chi connectivity index (χ1n) is 8.16. The Bertz CT molecular complexity index is 782. The van der Waals surface area contributed by atoms with Gasteiger partial charge < -0.3 is 10.6 Å². The van der Waals surface area contributed by atoms with Crippen LogP contribution >= 0.6 is 11.6 Å². The molecule has 0 spiro atoms. The Morgan fingerprint density at radius 1 is 1.20 bits per heavy atom. The molecule has 132 valence electrons. The number of hydrogen-bond donors (Lipinski definition) is 2. The van der Waals surface area contributed by atoms with Gasteiger partial charge in [-0.1, -0.05) is 24.6 Å². The van der Waals surface area contributed by atoms with Crippen LogP contribution in [0.15, 0.2) is 30.5 Å². The van der Waals surface area contributed by atoms with Crippen LogP contribution in [-0.4, -0.2) is 22.8 Å². The van der Waals surface area contributed by atoms with Crippen LogP contribution in [0, 0.1) is 13.8 Å². The van der Waals surface area contributed by atoms with Gasteiger partial charge in [0.05, 0.1) is 10.7 Å². The molecule has 2 N–H and O–H groups in total. The molecule has 2 aromatic rings. The number of amides is 2. The number of hydrogen-bond acceptors (Lipinski definition) is 3. The van der Waals surface area contributed by atoms with Gasteiger partial charge in [-0.25, -0.2) is 0 Å². The lowest BCUT2D eigenvalue weighted by molar-refractivity contribution is 0.0934. The largest absolute Gasteiger partial charge is 0.348 e. The van der Waals surface area contributed by atoms with Crippen LogP contribution in [0.1, 0.15) is 52.2 Å². The van der Waals surface area contributed by atoms with E-state index in [1.54, 1.807) is 12.1 Å². The zero-order chi connectivity index (χ0) is 18.6. The predicted octanol–water partition coefficient (Wildman–Crippen LogP) is 4.13. The molecule has 1 atom stereocenters. The highest BCUT2D eigenvalue weighted by molar-refractivity contribution is 6.34. The van der Waals surface area contributed by atoms with Crippen LogP contribution in [0.3, 0.4) is 0 Å². The molecule has 25 heavy (non-hydrogen) atoms. The molecule has 6 heteroatoms. The molecule has 2 rings (SSSR count). The normalized spacial score (nSPS) is 11.7. The molecular weight excluding hydrogens is 338 g/mol. The number of nitrogens with one attached hydrogen (secondary N) is 2. The third-order valence-corrected chi connectivity index (χ3v) is 4.21. The second-order valence-electron chi connectivity index (χ2n) is 6.11. The van der Waals surface area contributed by atoms with Crippen LogP contribution < -0.4 is 10.6 Å². The van der Waals surface area contributed by atoms with Gasteiger partial charge >= 0.3 is 0 Å². The Morgan fingerprint density at radius 2 is 1.92 bits per heavy atom. The third kappa shape index (κ3) is 4.79. The molecule has 5 nitrogen and oxygen atoms in total. The molecule has 0 saturated carbocycles. The van der Waals surface area contributed by atoms with Crippen molar-refractivity contribution >= 4 is 29.1 Å². The Morgan fingerprint density at radius 3 is 2.56 bits per heavy atom. The van der Waals surface area contributed by atoms with Gasteiger partial charge in [0.15, 0.2) is 0 Å². The molecule has 0 aliphatic heterocycles. The van der Waals surface area contributed by atoms with Crippen molar-refractivity contribution in [3.05, 3.63) is 57.9 Å². The maximum Gasteiger partial charge on any atom is 0.270 e. The number of anilines is 1. The fraction of sp³-hybridized carbons (Fsp3) is 0.316. The highest BCUT2D eigenvalue weighted by Gasteiger charge is 2.15. The monoisotopic (exact) mass is 359 g/mol. The average molecular weight is 360 g/mol. The van der Waals surface area contributed by atoms with Crippen LogP contribution in [0.5, 0.6) is 0 Å². The summed E-state index contributed by atoms with van der Waals surface area (Å²) >= 11 is 6.23. The summed E-state index contributed by atoms with van der Waals surface area (Å²) in [6.07, 6.45) is 2.27. The van der Waals surface area contributed by atoms with Crippen molar-refractivity contribution in [1.29, 1.82) is 0 Å². The van der Waals surface area contributed by atoms with E-state index in [1.807, 2.05) is 33.8 Å². The standard InChI is InChI=1S/C19H22ClN3O2/c1-5-13(4)22-19(25)16-10-14(6-7-21-16)18(24)23-17-12(3)8-11(2)9-15(17)20/h6-10,13H,5H2,1-4H3,(H,22,25)(H,23,24). The van der Waals surface area contributed by atoms with Gasteiger partial charge in [0.1, 0.15) is 5.69 Å². The Kier molecular flexibility index (Phi) is 6.15. The number of pyridine rings is 1. The number of carbonyl (C=O) groups is 2. The van der Waals surface area contributed by atoms with E-state index < -0.39 is 0 Å². The summed E-state index contributed by atoms with van der Waals surface area (Å²) in [7, 11) is 0. The molecule has 1 heterocycles. The first-order valence-corrected chi connectivity index (χ1v) is 8.54. The maximum atomic E-state index is 12.5. The molecule has 1 aromatic heterocycles. The first kappa shape index (κ1) is 18.9. The lowest BCUT2D eigenvalue weighted by atomic mass is 10.1. The molecule has 0 saturated heterocycles. The van der Waals surface area contributed by atoms with Crippen LogP contribution in [0.4, 0.5) is 5.69 Å². The SMILES string of the molecule is CCC(C)NC(=O)c1cc(C(=O)Nc2c(C)cc(C)cc2Cl)ccn1.